The van der Waals surface area contributed by atoms with Crippen molar-refractivity contribution >= 4 is 17.2 Å². The number of rotatable bonds is 3. The number of aryl methyl sites for hydroxylation is 2. The number of phenols is 1. The van der Waals surface area contributed by atoms with Gasteiger partial charge >= 0.3 is 0 Å². The summed E-state index contributed by atoms with van der Waals surface area (Å²) >= 11 is 1.50. The minimum atomic E-state index is 0.144. The Morgan fingerprint density at radius 3 is 2.58 bits per heavy atom. The molecule has 1 aliphatic heterocycles. The van der Waals surface area contributed by atoms with Crippen molar-refractivity contribution in [2.45, 2.75) is 25.8 Å². The van der Waals surface area contributed by atoms with Gasteiger partial charge in [0.1, 0.15) is 5.75 Å². The third kappa shape index (κ3) is 3.06. The molecule has 1 aromatic heterocycles. The fourth-order valence-corrected chi connectivity index (χ4v) is 4.39. The van der Waals surface area contributed by atoms with Gasteiger partial charge in [-0.05, 0) is 47.9 Å². The van der Waals surface area contributed by atoms with Gasteiger partial charge in [-0.25, -0.2) is 0 Å². The number of hydrogen-bond acceptors (Lipinski definition) is 4. The van der Waals surface area contributed by atoms with Crippen molar-refractivity contribution in [1.82, 2.24) is 9.80 Å². The van der Waals surface area contributed by atoms with Gasteiger partial charge in [-0.3, -0.25) is 9.69 Å². The Labute approximate surface area is 146 Å². The summed E-state index contributed by atoms with van der Waals surface area (Å²) in [5.74, 6) is 0.567. The third-order valence-corrected chi connectivity index (χ3v) is 5.94. The lowest BCUT2D eigenvalue weighted by Gasteiger charge is -2.34. The molecule has 4 nitrogen and oxygen atoms in total. The normalized spacial score (nSPS) is 17.9. The van der Waals surface area contributed by atoms with Crippen LogP contribution >= 0.6 is 11.3 Å². The van der Waals surface area contributed by atoms with Gasteiger partial charge in [0.25, 0.3) is 5.91 Å². The summed E-state index contributed by atoms with van der Waals surface area (Å²) in [7, 11) is 0. The molecule has 1 N–H and O–H groups in total. The van der Waals surface area contributed by atoms with Crippen LogP contribution in [0, 0.1) is 0 Å². The van der Waals surface area contributed by atoms with Gasteiger partial charge in [-0.2, -0.15) is 0 Å². The second-order valence-electron chi connectivity index (χ2n) is 6.65. The first-order valence-corrected chi connectivity index (χ1v) is 9.47. The van der Waals surface area contributed by atoms with Gasteiger partial charge in [0, 0.05) is 38.3 Å². The van der Waals surface area contributed by atoms with Gasteiger partial charge in [0.05, 0.1) is 4.88 Å². The molecule has 0 atom stereocenters. The van der Waals surface area contributed by atoms with Crippen LogP contribution in [0.25, 0.3) is 0 Å². The highest BCUT2D eigenvalue weighted by Crippen LogP contribution is 2.30. The molecule has 1 fully saturated rings. The summed E-state index contributed by atoms with van der Waals surface area (Å²) in [6, 6.07) is 7.95. The number of carbonyl (C=O) groups is 1. The van der Waals surface area contributed by atoms with Gasteiger partial charge in [-0.1, -0.05) is 12.1 Å². The van der Waals surface area contributed by atoms with E-state index >= 15 is 0 Å². The molecule has 1 saturated heterocycles. The standard InChI is InChI=1S/C19H22N2O2S/c22-17-12-15-4-1-3-14(15)11-16(17)13-20-6-8-21(9-7-20)19(23)18-5-2-10-24-18/h2,5,10-12,22H,1,3-4,6-9,13H2. The highest BCUT2D eigenvalue weighted by atomic mass is 32.1. The summed E-state index contributed by atoms with van der Waals surface area (Å²) in [4.78, 5) is 17.5. The molecular weight excluding hydrogens is 320 g/mol. The Balaban J connectivity index is 1.38. The van der Waals surface area contributed by atoms with Crippen LogP contribution in [0.2, 0.25) is 0 Å². The largest absolute Gasteiger partial charge is 0.508 e. The maximum Gasteiger partial charge on any atom is 0.264 e. The Bertz CT molecular complexity index is 734. The predicted molar refractivity (Wildman–Crippen MR) is 95.6 cm³/mol. The molecule has 1 amide bonds. The first kappa shape index (κ1) is 15.7. The van der Waals surface area contributed by atoms with E-state index in [4.69, 9.17) is 0 Å². The summed E-state index contributed by atoms with van der Waals surface area (Å²) in [5, 5.41) is 12.2. The van der Waals surface area contributed by atoms with Crippen molar-refractivity contribution in [2.75, 3.05) is 26.2 Å². The molecule has 2 aromatic rings. The Kier molecular flexibility index (Phi) is 4.29. The molecule has 126 valence electrons. The number of benzene rings is 1. The molecule has 0 unspecified atom stereocenters. The second kappa shape index (κ2) is 6.57. The fourth-order valence-electron chi connectivity index (χ4n) is 3.69. The highest BCUT2D eigenvalue weighted by molar-refractivity contribution is 7.12. The zero-order chi connectivity index (χ0) is 16.5. The minimum Gasteiger partial charge on any atom is -0.508 e. The summed E-state index contributed by atoms with van der Waals surface area (Å²) in [6.07, 6.45) is 3.42. The molecule has 1 aromatic carbocycles. The van der Waals surface area contributed by atoms with Gasteiger partial charge < -0.3 is 10.0 Å². The summed E-state index contributed by atoms with van der Waals surface area (Å²) in [6.45, 7) is 3.98. The molecule has 0 spiro atoms. The van der Waals surface area contributed by atoms with Crippen LogP contribution in [-0.4, -0.2) is 47.0 Å². The monoisotopic (exact) mass is 342 g/mol. The van der Waals surface area contributed by atoms with Crippen molar-refractivity contribution < 1.29 is 9.90 Å². The van der Waals surface area contributed by atoms with Crippen LogP contribution in [-0.2, 0) is 19.4 Å². The molecule has 2 aliphatic rings. The van der Waals surface area contributed by atoms with E-state index in [0.29, 0.717) is 5.75 Å². The summed E-state index contributed by atoms with van der Waals surface area (Å²) < 4.78 is 0. The van der Waals surface area contributed by atoms with E-state index in [2.05, 4.69) is 11.0 Å². The van der Waals surface area contributed by atoms with Crippen molar-refractivity contribution in [3.8, 4) is 5.75 Å². The average Bonchev–Trinajstić information content (AvgIpc) is 3.26. The van der Waals surface area contributed by atoms with Crippen LogP contribution in [0.15, 0.2) is 29.6 Å². The lowest BCUT2D eigenvalue weighted by atomic mass is 10.0. The van der Waals surface area contributed by atoms with E-state index in [1.807, 2.05) is 28.5 Å². The molecule has 0 bridgehead atoms. The van der Waals surface area contributed by atoms with Gasteiger partial charge in [-0.15, -0.1) is 11.3 Å². The van der Waals surface area contributed by atoms with Crippen LogP contribution < -0.4 is 0 Å². The minimum absolute atomic E-state index is 0.144. The molecule has 4 rings (SSSR count). The molecule has 24 heavy (non-hydrogen) atoms. The number of nitrogens with zero attached hydrogens (tertiary/aromatic N) is 2. The number of carbonyl (C=O) groups excluding carboxylic acids is 1. The van der Waals surface area contributed by atoms with Crippen LogP contribution in [0.5, 0.6) is 5.75 Å². The predicted octanol–water partition coefficient (Wildman–Crippen LogP) is 2.90. The van der Waals surface area contributed by atoms with Crippen molar-refractivity contribution in [2.24, 2.45) is 0 Å². The van der Waals surface area contributed by atoms with Crippen molar-refractivity contribution in [3.63, 3.8) is 0 Å². The molecule has 0 saturated carbocycles. The van der Waals surface area contributed by atoms with Crippen molar-refractivity contribution in [1.29, 1.82) is 0 Å². The number of amides is 1. The zero-order valence-corrected chi connectivity index (χ0v) is 14.5. The van der Waals surface area contributed by atoms with E-state index in [1.165, 1.54) is 28.9 Å². The molecule has 2 heterocycles. The van der Waals surface area contributed by atoms with Gasteiger partial charge in [0.2, 0.25) is 0 Å². The van der Waals surface area contributed by atoms with Crippen LogP contribution in [0.3, 0.4) is 0 Å². The fraction of sp³-hybridized carbons (Fsp3) is 0.421. The van der Waals surface area contributed by atoms with E-state index in [-0.39, 0.29) is 5.91 Å². The zero-order valence-electron chi connectivity index (χ0n) is 13.7. The van der Waals surface area contributed by atoms with E-state index < -0.39 is 0 Å². The smallest absolute Gasteiger partial charge is 0.264 e. The van der Waals surface area contributed by atoms with Crippen LogP contribution in [0.1, 0.15) is 32.8 Å². The number of fused-ring (bicyclic) bond motifs is 1. The molecule has 5 heteroatoms. The SMILES string of the molecule is O=C(c1cccs1)N1CCN(Cc2cc3c(cc2O)CCC3)CC1. The van der Waals surface area contributed by atoms with E-state index in [9.17, 15) is 9.90 Å². The quantitative estimate of drug-likeness (QED) is 0.933. The summed E-state index contributed by atoms with van der Waals surface area (Å²) in [5.41, 5.74) is 3.73. The maximum atomic E-state index is 12.4. The topological polar surface area (TPSA) is 43.8 Å². The maximum absolute atomic E-state index is 12.4. The number of thiophene rings is 1. The lowest BCUT2D eigenvalue weighted by Crippen LogP contribution is -2.48. The Morgan fingerprint density at radius 1 is 1.12 bits per heavy atom. The highest BCUT2D eigenvalue weighted by Gasteiger charge is 2.23. The molecule has 0 radical (unpaired) electrons. The van der Waals surface area contributed by atoms with Gasteiger partial charge in [0.15, 0.2) is 0 Å². The first-order valence-electron chi connectivity index (χ1n) is 8.59. The molecule has 1 aliphatic carbocycles. The van der Waals surface area contributed by atoms with Crippen LogP contribution in [0.4, 0.5) is 0 Å². The Hall–Kier alpha value is -1.85. The van der Waals surface area contributed by atoms with Crippen molar-refractivity contribution in [3.05, 3.63) is 51.2 Å². The number of hydrogen-bond donors (Lipinski definition) is 1. The first-order chi connectivity index (χ1) is 11.7. The van der Waals surface area contributed by atoms with E-state index in [1.54, 1.807) is 0 Å². The number of phenolic OH excluding ortho intramolecular Hbond substituents is 1. The number of aromatic hydroxyl groups is 1. The number of piperazine rings is 1. The van der Waals surface area contributed by atoms with E-state index in [0.717, 1.165) is 56.0 Å². The molecular formula is C19H22N2O2S. The Morgan fingerprint density at radius 2 is 1.88 bits per heavy atom. The lowest BCUT2D eigenvalue weighted by molar-refractivity contribution is 0.0632. The average molecular weight is 342 g/mol. The second-order valence-corrected chi connectivity index (χ2v) is 7.60. The third-order valence-electron chi connectivity index (χ3n) is 5.08.